The fourth-order valence-corrected chi connectivity index (χ4v) is 1.68. The van der Waals surface area contributed by atoms with E-state index in [0.29, 0.717) is 4.67 Å². The standard InChI is InChI=1S/C12H8BrF2NO2/c13-11-4-3-10(18-11)12(17)16-6-7-5-8(14)1-2-9(7)15/h1-5H,6H2,(H,16,17). The molecule has 3 nitrogen and oxygen atoms in total. The predicted molar refractivity (Wildman–Crippen MR) is 63.9 cm³/mol. The lowest BCUT2D eigenvalue weighted by Gasteiger charge is -2.04. The van der Waals surface area contributed by atoms with Crippen LogP contribution in [0.2, 0.25) is 0 Å². The third kappa shape index (κ3) is 2.95. The van der Waals surface area contributed by atoms with Crippen molar-refractivity contribution >= 4 is 21.8 Å². The van der Waals surface area contributed by atoms with Gasteiger partial charge in [-0.2, -0.15) is 0 Å². The first kappa shape index (κ1) is 12.8. The Kier molecular flexibility index (Phi) is 3.76. The number of halogens is 3. The van der Waals surface area contributed by atoms with E-state index in [1.807, 2.05) is 0 Å². The maximum absolute atomic E-state index is 13.3. The average Bonchev–Trinajstić information content (AvgIpc) is 2.77. The molecule has 0 fully saturated rings. The Morgan fingerprint density at radius 1 is 1.28 bits per heavy atom. The Hall–Kier alpha value is -1.69. The summed E-state index contributed by atoms with van der Waals surface area (Å²) in [6, 6.07) is 6.11. The van der Waals surface area contributed by atoms with Crippen molar-refractivity contribution in [2.24, 2.45) is 0 Å². The van der Waals surface area contributed by atoms with Gasteiger partial charge in [0.2, 0.25) is 0 Å². The van der Waals surface area contributed by atoms with Gasteiger partial charge in [0.25, 0.3) is 5.91 Å². The molecule has 0 saturated heterocycles. The lowest BCUT2D eigenvalue weighted by Crippen LogP contribution is -2.22. The third-order valence-electron chi connectivity index (χ3n) is 2.24. The first-order valence-electron chi connectivity index (χ1n) is 5.04. The van der Waals surface area contributed by atoms with Crippen molar-refractivity contribution in [2.45, 2.75) is 6.54 Å². The van der Waals surface area contributed by atoms with E-state index < -0.39 is 17.5 Å². The highest BCUT2D eigenvalue weighted by Crippen LogP contribution is 2.14. The van der Waals surface area contributed by atoms with Crippen LogP contribution in [0.3, 0.4) is 0 Å². The molecule has 94 valence electrons. The molecule has 0 radical (unpaired) electrons. The number of rotatable bonds is 3. The fourth-order valence-electron chi connectivity index (χ4n) is 1.38. The molecule has 2 aromatic rings. The van der Waals surface area contributed by atoms with Gasteiger partial charge in [0.05, 0.1) is 0 Å². The third-order valence-corrected chi connectivity index (χ3v) is 2.67. The minimum Gasteiger partial charge on any atom is -0.444 e. The predicted octanol–water partition coefficient (Wildman–Crippen LogP) is 3.25. The first-order valence-corrected chi connectivity index (χ1v) is 5.83. The van der Waals surface area contributed by atoms with Crippen LogP contribution in [0.5, 0.6) is 0 Å². The van der Waals surface area contributed by atoms with E-state index in [4.69, 9.17) is 4.42 Å². The zero-order valence-electron chi connectivity index (χ0n) is 9.04. The second-order valence-electron chi connectivity index (χ2n) is 3.52. The molecule has 0 aliphatic rings. The van der Waals surface area contributed by atoms with Crippen LogP contribution < -0.4 is 5.32 Å². The van der Waals surface area contributed by atoms with Crippen molar-refractivity contribution in [2.75, 3.05) is 0 Å². The van der Waals surface area contributed by atoms with Gasteiger partial charge in [-0.25, -0.2) is 8.78 Å². The van der Waals surface area contributed by atoms with Crippen LogP contribution in [0.1, 0.15) is 16.1 Å². The molecule has 6 heteroatoms. The van der Waals surface area contributed by atoms with Gasteiger partial charge in [-0.15, -0.1) is 0 Å². The van der Waals surface area contributed by atoms with Gasteiger partial charge in [-0.1, -0.05) is 0 Å². The summed E-state index contributed by atoms with van der Waals surface area (Å²) in [5.74, 6) is -1.53. The molecule has 1 heterocycles. The number of hydrogen-bond donors (Lipinski definition) is 1. The summed E-state index contributed by atoms with van der Waals surface area (Å²) in [6.07, 6.45) is 0. The molecule has 0 saturated carbocycles. The van der Waals surface area contributed by atoms with Crippen molar-refractivity contribution in [3.8, 4) is 0 Å². The SMILES string of the molecule is O=C(NCc1cc(F)ccc1F)c1ccc(Br)o1. The van der Waals surface area contributed by atoms with Gasteiger partial charge in [-0.05, 0) is 46.3 Å². The summed E-state index contributed by atoms with van der Waals surface area (Å²) in [7, 11) is 0. The fraction of sp³-hybridized carbons (Fsp3) is 0.0833. The van der Waals surface area contributed by atoms with E-state index in [9.17, 15) is 13.6 Å². The maximum atomic E-state index is 13.3. The Bertz CT molecular complexity index is 583. The zero-order valence-corrected chi connectivity index (χ0v) is 10.6. The van der Waals surface area contributed by atoms with E-state index in [0.717, 1.165) is 18.2 Å². The molecule has 1 amide bonds. The second-order valence-corrected chi connectivity index (χ2v) is 4.30. The minimum atomic E-state index is -0.572. The summed E-state index contributed by atoms with van der Waals surface area (Å²) in [6.45, 7) is -0.110. The Morgan fingerprint density at radius 3 is 2.72 bits per heavy atom. The largest absolute Gasteiger partial charge is 0.444 e. The molecule has 1 N–H and O–H groups in total. The van der Waals surface area contributed by atoms with Crippen molar-refractivity contribution in [1.82, 2.24) is 5.32 Å². The Balaban J connectivity index is 2.03. The highest BCUT2D eigenvalue weighted by atomic mass is 79.9. The number of amides is 1. The normalized spacial score (nSPS) is 10.4. The van der Waals surface area contributed by atoms with Crippen LogP contribution in [0.15, 0.2) is 39.4 Å². The van der Waals surface area contributed by atoms with Crippen molar-refractivity contribution in [1.29, 1.82) is 0 Å². The molecule has 0 unspecified atom stereocenters. The highest BCUT2D eigenvalue weighted by molar-refractivity contribution is 9.10. The summed E-state index contributed by atoms with van der Waals surface area (Å²) >= 11 is 3.06. The van der Waals surface area contributed by atoms with Gasteiger partial charge in [0, 0.05) is 12.1 Å². The maximum Gasteiger partial charge on any atom is 0.287 e. The molecule has 0 bridgehead atoms. The first-order chi connectivity index (χ1) is 8.56. The lowest BCUT2D eigenvalue weighted by molar-refractivity contribution is 0.0921. The molecule has 2 rings (SSSR count). The quantitative estimate of drug-likeness (QED) is 0.944. The number of furan rings is 1. The molecule has 1 aromatic carbocycles. The summed E-state index contributed by atoms with van der Waals surface area (Å²) in [5, 5.41) is 2.44. The van der Waals surface area contributed by atoms with Gasteiger partial charge in [0.1, 0.15) is 11.6 Å². The smallest absolute Gasteiger partial charge is 0.287 e. The van der Waals surface area contributed by atoms with Crippen LogP contribution in [-0.2, 0) is 6.54 Å². The van der Waals surface area contributed by atoms with E-state index >= 15 is 0 Å². The van der Waals surface area contributed by atoms with Gasteiger partial charge < -0.3 is 9.73 Å². The topological polar surface area (TPSA) is 42.2 Å². The van der Waals surface area contributed by atoms with Crippen molar-refractivity contribution < 1.29 is 18.0 Å². The summed E-state index contributed by atoms with van der Waals surface area (Å²) < 4.78 is 31.6. The average molecular weight is 316 g/mol. The number of carbonyl (C=O) groups is 1. The number of hydrogen-bond acceptors (Lipinski definition) is 2. The van der Waals surface area contributed by atoms with Crippen LogP contribution in [0.25, 0.3) is 0 Å². The molecular formula is C12H8BrF2NO2. The van der Waals surface area contributed by atoms with Crippen molar-refractivity contribution in [3.05, 3.63) is 58.0 Å². The summed E-state index contributed by atoms with van der Waals surface area (Å²) in [4.78, 5) is 11.6. The van der Waals surface area contributed by atoms with Crippen LogP contribution in [0.4, 0.5) is 8.78 Å². The monoisotopic (exact) mass is 315 g/mol. The van der Waals surface area contributed by atoms with E-state index in [2.05, 4.69) is 21.2 Å². The molecule has 1 aromatic heterocycles. The van der Waals surface area contributed by atoms with E-state index in [1.165, 1.54) is 6.07 Å². The Morgan fingerprint density at radius 2 is 2.06 bits per heavy atom. The minimum absolute atomic E-state index is 0.0778. The van der Waals surface area contributed by atoms with Crippen molar-refractivity contribution in [3.63, 3.8) is 0 Å². The van der Waals surface area contributed by atoms with Crippen LogP contribution in [0, 0.1) is 11.6 Å². The highest BCUT2D eigenvalue weighted by Gasteiger charge is 2.11. The zero-order chi connectivity index (χ0) is 13.1. The molecular weight excluding hydrogens is 308 g/mol. The molecule has 0 aliphatic heterocycles. The van der Waals surface area contributed by atoms with Gasteiger partial charge in [0.15, 0.2) is 10.4 Å². The number of nitrogens with one attached hydrogen (secondary N) is 1. The van der Waals surface area contributed by atoms with Gasteiger partial charge in [-0.3, -0.25) is 4.79 Å². The second kappa shape index (κ2) is 5.30. The molecule has 0 spiro atoms. The molecule has 0 atom stereocenters. The number of benzene rings is 1. The molecule has 18 heavy (non-hydrogen) atoms. The van der Waals surface area contributed by atoms with E-state index in [1.54, 1.807) is 6.07 Å². The van der Waals surface area contributed by atoms with Crippen LogP contribution >= 0.6 is 15.9 Å². The lowest BCUT2D eigenvalue weighted by atomic mass is 10.2. The summed E-state index contributed by atoms with van der Waals surface area (Å²) in [5.41, 5.74) is 0.0778. The Labute approximate surface area is 110 Å². The molecule has 0 aliphatic carbocycles. The van der Waals surface area contributed by atoms with Crippen LogP contribution in [-0.4, -0.2) is 5.91 Å². The van der Waals surface area contributed by atoms with Gasteiger partial charge >= 0.3 is 0 Å². The number of carbonyl (C=O) groups excluding carboxylic acids is 1. The van der Waals surface area contributed by atoms with E-state index in [-0.39, 0.29) is 17.9 Å².